The number of aromatic amines is 1. The van der Waals surface area contributed by atoms with Gasteiger partial charge < -0.3 is 9.72 Å². The molecule has 1 N–H and O–H groups in total. The lowest BCUT2D eigenvalue weighted by Gasteiger charge is -2.12. The number of pyridine rings is 1. The van der Waals surface area contributed by atoms with E-state index in [1.807, 2.05) is 4.98 Å². The minimum absolute atomic E-state index is 0.281. The van der Waals surface area contributed by atoms with Crippen molar-refractivity contribution in [1.82, 2.24) is 4.98 Å². The number of nitro groups is 1. The van der Waals surface area contributed by atoms with Crippen molar-refractivity contribution in [3.05, 3.63) is 37.3 Å². The number of carbonyl (C=O) groups is 1. The average molecular weight is 294 g/mol. The number of aromatic nitrogens is 1. The van der Waals surface area contributed by atoms with Gasteiger partial charge in [0.2, 0.25) is 0 Å². The summed E-state index contributed by atoms with van der Waals surface area (Å²) in [5.74, 6) is -1.57. The summed E-state index contributed by atoms with van der Waals surface area (Å²) in [5.41, 5.74) is -6.68. The van der Waals surface area contributed by atoms with E-state index in [1.165, 1.54) is 6.92 Å². The predicted octanol–water partition coefficient (Wildman–Crippen LogP) is 1.79. The van der Waals surface area contributed by atoms with Gasteiger partial charge in [-0.15, -0.1) is 0 Å². The van der Waals surface area contributed by atoms with Gasteiger partial charge in [0, 0.05) is 0 Å². The molecule has 1 rings (SSSR count). The zero-order chi connectivity index (χ0) is 15.7. The quantitative estimate of drug-likeness (QED) is 0.520. The Morgan fingerprint density at radius 1 is 1.45 bits per heavy atom. The Balaban J connectivity index is 3.83. The molecule has 0 radical (unpaired) electrons. The first kappa shape index (κ1) is 15.7. The van der Waals surface area contributed by atoms with E-state index in [0.717, 1.165) is 6.92 Å². The van der Waals surface area contributed by atoms with Crippen molar-refractivity contribution < 1.29 is 27.6 Å². The number of rotatable bonds is 3. The van der Waals surface area contributed by atoms with E-state index < -0.39 is 45.1 Å². The van der Waals surface area contributed by atoms with E-state index in [-0.39, 0.29) is 6.61 Å². The fourth-order valence-electron chi connectivity index (χ4n) is 1.61. The van der Waals surface area contributed by atoms with Gasteiger partial charge in [-0.2, -0.15) is 13.2 Å². The smallest absolute Gasteiger partial charge is 0.424 e. The molecule has 10 heteroatoms. The minimum Gasteiger partial charge on any atom is -0.462 e. The number of alkyl halides is 3. The zero-order valence-corrected chi connectivity index (χ0v) is 10.3. The van der Waals surface area contributed by atoms with E-state index in [1.54, 1.807) is 0 Å². The molecule has 110 valence electrons. The number of nitrogens with zero attached hydrogens (tertiary/aromatic N) is 1. The molecule has 0 aliphatic rings. The molecule has 0 bridgehead atoms. The van der Waals surface area contributed by atoms with Crippen LogP contribution in [0.5, 0.6) is 0 Å². The summed E-state index contributed by atoms with van der Waals surface area (Å²) in [6.07, 6.45) is -5.25. The number of ether oxygens (including phenoxy) is 1. The van der Waals surface area contributed by atoms with Gasteiger partial charge in [-0.05, 0) is 13.8 Å². The Morgan fingerprint density at radius 2 is 2.00 bits per heavy atom. The molecule has 1 aromatic heterocycles. The third-order valence-corrected chi connectivity index (χ3v) is 2.32. The Morgan fingerprint density at radius 3 is 2.40 bits per heavy atom. The van der Waals surface area contributed by atoms with E-state index in [4.69, 9.17) is 0 Å². The van der Waals surface area contributed by atoms with Gasteiger partial charge in [0.25, 0.3) is 5.56 Å². The number of aryl methyl sites for hydroxylation is 1. The van der Waals surface area contributed by atoms with Crippen molar-refractivity contribution in [2.24, 2.45) is 0 Å². The van der Waals surface area contributed by atoms with Gasteiger partial charge in [0.1, 0.15) is 5.56 Å². The highest BCUT2D eigenvalue weighted by atomic mass is 19.4. The summed E-state index contributed by atoms with van der Waals surface area (Å²) in [6, 6.07) is 0. The summed E-state index contributed by atoms with van der Waals surface area (Å²) in [4.78, 5) is 34.3. The number of hydrogen-bond acceptors (Lipinski definition) is 5. The number of esters is 1. The van der Waals surface area contributed by atoms with Crippen molar-refractivity contribution in [2.75, 3.05) is 6.61 Å². The molecule has 0 saturated heterocycles. The van der Waals surface area contributed by atoms with Crippen molar-refractivity contribution >= 4 is 11.7 Å². The highest BCUT2D eigenvalue weighted by Crippen LogP contribution is 2.38. The van der Waals surface area contributed by atoms with Gasteiger partial charge in [-0.3, -0.25) is 14.9 Å². The van der Waals surface area contributed by atoms with Crippen LogP contribution in [0.2, 0.25) is 0 Å². The number of hydrogen-bond donors (Lipinski definition) is 1. The summed E-state index contributed by atoms with van der Waals surface area (Å²) >= 11 is 0. The molecule has 0 amide bonds. The monoisotopic (exact) mass is 294 g/mol. The summed E-state index contributed by atoms with van der Waals surface area (Å²) in [7, 11) is 0. The predicted molar refractivity (Wildman–Crippen MR) is 59.4 cm³/mol. The van der Waals surface area contributed by atoms with Gasteiger partial charge in [-0.1, -0.05) is 0 Å². The minimum atomic E-state index is -5.25. The third-order valence-electron chi connectivity index (χ3n) is 2.32. The molecule has 0 aliphatic carbocycles. The van der Waals surface area contributed by atoms with E-state index >= 15 is 0 Å². The van der Waals surface area contributed by atoms with E-state index in [0.29, 0.717) is 0 Å². The summed E-state index contributed by atoms with van der Waals surface area (Å²) < 4.78 is 43.2. The van der Waals surface area contributed by atoms with Crippen LogP contribution in [0.15, 0.2) is 4.79 Å². The first-order valence-electron chi connectivity index (χ1n) is 5.26. The maximum Gasteiger partial charge on any atom is 0.424 e. The fraction of sp³-hybridized carbons (Fsp3) is 0.400. The molecule has 1 aromatic rings. The van der Waals surface area contributed by atoms with Crippen molar-refractivity contribution in [2.45, 2.75) is 20.0 Å². The van der Waals surface area contributed by atoms with Crippen LogP contribution in [0.4, 0.5) is 18.9 Å². The van der Waals surface area contributed by atoms with Crippen LogP contribution in [0.1, 0.15) is 28.5 Å². The van der Waals surface area contributed by atoms with Gasteiger partial charge >= 0.3 is 17.8 Å². The third kappa shape index (κ3) is 2.78. The molecular weight excluding hydrogens is 285 g/mol. The van der Waals surface area contributed by atoms with E-state index in [9.17, 15) is 32.9 Å². The molecule has 7 nitrogen and oxygen atoms in total. The number of carbonyl (C=O) groups excluding carboxylic acids is 1. The van der Waals surface area contributed by atoms with Crippen molar-refractivity contribution in [3.63, 3.8) is 0 Å². The second-order valence-corrected chi connectivity index (χ2v) is 3.65. The SMILES string of the molecule is CCOC(=O)c1c(C(F)(F)F)c([N+](=O)[O-])c(C)[nH]c1=O. The number of nitrogens with one attached hydrogen (secondary N) is 1. The second kappa shape index (κ2) is 5.31. The molecule has 0 saturated carbocycles. The van der Waals surface area contributed by atoms with Gasteiger partial charge in [-0.25, -0.2) is 4.79 Å². The van der Waals surface area contributed by atoms with Crippen LogP contribution >= 0.6 is 0 Å². The molecule has 0 fully saturated rings. The Hall–Kier alpha value is -2.39. The van der Waals surface area contributed by atoms with Crippen LogP contribution in [0, 0.1) is 17.0 Å². The van der Waals surface area contributed by atoms with E-state index in [2.05, 4.69) is 4.74 Å². The first-order chi connectivity index (χ1) is 9.11. The van der Waals surface area contributed by atoms with Crippen LogP contribution in [0.25, 0.3) is 0 Å². The Bertz CT molecular complexity index is 621. The molecular formula is C10H9F3N2O5. The highest BCUT2D eigenvalue weighted by molar-refractivity contribution is 5.92. The lowest BCUT2D eigenvalue weighted by atomic mass is 10.1. The maximum atomic E-state index is 13.0. The molecule has 20 heavy (non-hydrogen) atoms. The standard InChI is InChI=1S/C10H9F3N2O5/c1-3-20-9(17)5-6(10(11,12)13)7(15(18)19)4(2)14-8(5)16/h3H2,1-2H3,(H,14,16). The van der Waals surface area contributed by atoms with Crippen LogP contribution < -0.4 is 5.56 Å². The van der Waals surface area contributed by atoms with Crippen LogP contribution in [-0.4, -0.2) is 22.5 Å². The fourth-order valence-corrected chi connectivity index (χ4v) is 1.61. The highest BCUT2D eigenvalue weighted by Gasteiger charge is 2.45. The molecule has 0 aromatic carbocycles. The van der Waals surface area contributed by atoms with Crippen molar-refractivity contribution in [1.29, 1.82) is 0 Å². The largest absolute Gasteiger partial charge is 0.462 e. The normalized spacial score (nSPS) is 11.2. The molecule has 0 unspecified atom stereocenters. The molecule has 0 spiro atoms. The topological polar surface area (TPSA) is 102 Å². The van der Waals surface area contributed by atoms with Gasteiger partial charge in [0.05, 0.1) is 17.2 Å². The zero-order valence-electron chi connectivity index (χ0n) is 10.3. The Kier molecular flexibility index (Phi) is 4.16. The molecule has 1 heterocycles. The maximum absolute atomic E-state index is 13.0. The number of halogens is 3. The lowest BCUT2D eigenvalue weighted by Crippen LogP contribution is -2.28. The van der Waals surface area contributed by atoms with Gasteiger partial charge in [0.15, 0.2) is 5.56 Å². The lowest BCUT2D eigenvalue weighted by molar-refractivity contribution is -0.389. The van der Waals surface area contributed by atoms with Crippen LogP contribution in [0.3, 0.4) is 0 Å². The summed E-state index contributed by atoms with van der Waals surface area (Å²) in [6.45, 7) is 1.98. The second-order valence-electron chi connectivity index (χ2n) is 3.65. The molecule has 0 aliphatic heterocycles. The Labute approximate surface area is 109 Å². The first-order valence-corrected chi connectivity index (χ1v) is 5.26. The molecule has 0 atom stereocenters. The summed E-state index contributed by atoms with van der Waals surface area (Å²) in [5, 5.41) is 10.8. The number of H-pyrrole nitrogens is 1. The average Bonchev–Trinajstić information content (AvgIpc) is 2.25. The van der Waals surface area contributed by atoms with Crippen LogP contribution in [-0.2, 0) is 10.9 Å². The van der Waals surface area contributed by atoms with Crippen molar-refractivity contribution in [3.8, 4) is 0 Å².